The standard InChI is InChI=1S/C15H12BrFO4/c1-20-10-3-5-14(11(7-10)15(18)19)21-8-9-2-4-13(17)12(16)6-9/h2-7H,8H2,1H3,(H,18,19). The van der Waals surface area contributed by atoms with Crippen LogP contribution in [0, 0.1) is 5.82 Å². The number of carboxylic acid groups (broad SMARTS) is 1. The maximum Gasteiger partial charge on any atom is 0.339 e. The van der Waals surface area contributed by atoms with Crippen molar-refractivity contribution in [1.82, 2.24) is 0 Å². The van der Waals surface area contributed by atoms with Crippen molar-refractivity contribution in [1.29, 1.82) is 0 Å². The Morgan fingerprint density at radius 2 is 2.05 bits per heavy atom. The first kappa shape index (κ1) is 15.3. The molecule has 21 heavy (non-hydrogen) atoms. The highest BCUT2D eigenvalue weighted by Crippen LogP contribution is 2.25. The zero-order valence-corrected chi connectivity index (χ0v) is 12.7. The monoisotopic (exact) mass is 354 g/mol. The van der Waals surface area contributed by atoms with E-state index in [0.29, 0.717) is 10.2 Å². The Kier molecular flexibility index (Phi) is 4.80. The van der Waals surface area contributed by atoms with E-state index in [0.717, 1.165) is 5.56 Å². The van der Waals surface area contributed by atoms with Crippen molar-refractivity contribution in [3.8, 4) is 11.5 Å². The van der Waals surface area contributed by atoms with Crippen molar-refractivity contribution in [2.75, 3.05) is 7.11 Å². The molecule has 0 saturated carbocycles. The largest absolute Gasteiger partial charge is 0.497 e. The van der Waals surface area contributed by atoms with E-state index >= 15 is 0 Å². The summed E-state index contributed by atoms with van der Waals surface area (Å²) >= 11 is 3.09. The van der Waals surface area contributed by atoms with Gasteiger partial charge in [-0.25, -0.2) is 9.18 Å². The van der Waals surface area contributed by atoms with Gasteiger partial charge in [0.1, 0.15) is 29.5 Å². The molecule has 6 heteroatoms. The molecule has 0 aliphatic carbocycles. The zero-order valence-electron chi connectivity index (χ0n) is 11.1. The molecule has 0 spiro atoms. The van der Waals surface area contributed by atoms with Crippen molar-refractivity contribution in [3.05, 3.63) is 57.8 Å². The smallest absolute Gasteiger partial charge is 0.339 e. The Hall–Kier alpha value is -2.08. The predicted octanol–water partition coefficient (Wildman–Crippen LogP) is 3.87. The van der Waals surface area contributed by atoms with Gasteiger partial charge in [-0.2, -0.15) is 0 Å². The van der Waals surface area contributed by atoms with Gasteiger partial charge in [0.15, 0.2) is 0 Å². The Morgan fingerprint density at radius 1 is 1.29 bits per heavy atom. The van der Waals surface area contributed by atoms with Gasteiger partial charge in [-0.05, 0) is 51.8 Å². The second-order valence-electron chi connectivity index (χ2n) is 4.20. The minimum atomic E-state index is -1.11. The minimum Gasteiger partial charge on any atom is -0.497 e. The normalized spacial score (nSPS) is 10.2. The molecule has 0 saturated heterocycles. The summed E-state index contributed by atoms with van der Waals surface area (Å²) < 4.78 is 24.0. The van der Waals surface area contributed by atoms with E-state index in [1.165, 1.54) is 25.3 Å². The number of hydrogen-bond donors (Lipinski definition) is 1. The maximum atomic E-state index is 13.1. The number of halogens is 2. The molecule has 2 aromatic rings. The summed E-state index contributed by atoms with van der Waals surface area (Å²) in [6.45, 7) is 0.130. The average Bonchev–Trinajstić information content (AvgIpc) is 2.48. The van der Waals surface area contributed by atoms with E-state index in [1.54, 1.807) is 18.2 Å². The van der Waals surface area contributed by atoms with Crippen LogP contribution in [0.5, 0.6) is 11.5 Å². The van der Waals surface area contributed by atoms with Crippen LogP contribution >= 0.6 is 15.9 Å². The second kappa shape index (κ2) is 6.58. The van der Waals surface area contributed by atoms with Crippen LogP contribution in [0.2, 0.25) is 0 Å². The molecule has 0 atom stereocenters. The van der Waals surface area contributed by atoms with E-state index in [9.17, 15) is 14.3 Å². The van der Waals surface area contributed by atoms with Gasteiger partial charge in [-0.15, -0.1) is 0 Å². The number of carbonyl (C=O) groups is 1. The third kappa shape index (κ3) is 3.72. The lowest BCUT2D eigenvalue weighted by Gasteiger charge is -2.11. The summed E-state index contributed by atoms with van der Waals surface area (Å²) in [5.74, 6) is -0.813. The molecule has 0 fully saturated rings. The van der Waals surface area contributed by atoms with Crippen LogP contribution in [0.25, 0.3) is 0 Å². The van der Waals surface area contributed by atoms with Gasteiger partial charge >= 0.3 is 5.97 Å². The molecule has 0 aliphatic rings. The Balaban J connectivity index is 2.19. The first-order valence-electron chi connectivity index (χ1n) is 5.99. The lowest BCUT2D eigenvalue weighted by molar-refractivity contribution is 0.0691. The highest BCUT2D eigenvalue weighted by atomic mass is 79.9. The summed E-state index contributed by atoms with van der Waals surface area (Å²) in [6.07, 6.45) is 0. The van der Waals surface area contributed by atoms with Gasteiger partial charge in [-0.1, -0.05) is 6.07 Å². The molecule has 0 aliphatic heterocycles. The molecule has 4 nitrogen and oxygen atoms in total. The summed E-state index contributed by atoms with van der Waals surface area (Å²) in [7, 11) is 1.46. The molecular weight excluding hydrogens is 343 g/mol. The van der Waals surface area contributed by atoms with Gasteiger partial charge < -0.3 is 14.6 Å². The number of hydrogen-bond acceptors (Lipinski definition) is 3. The third-order valence-electron chi connectivity index (χ3n) is 2.80. The molecular formula is C15H12BrFO4. The molecule has 1 N–H and O–H groups in total. The van der Waals surface area contributed by atoms with E-state index in [1.807, 2.05) is 0 Å². The topological polar surface area (TPSA) is 55.8 Å². The zero-order chi connectivity index (χ0) is 15.4. The van der Waals surface area contributed by atoms with Gasteiger partial charge in [-0.3, -0.25) is 0 Å². The van der Waals surface area contributed by atoms with Gasteiger partial charge in [0.2, 0.25) is 0 Å². The van der Waals surface area contributed by atoms with Crippen molar-refractivity contribution >= 4 is 21.9 Å². The number of aromatic carboxylic acids is 1. The van der Waals surface area contributed by atoms with Crippen LogP contribution in [0.4, 0.5) is 4.39 Å². The van der Waals surface area contributed by atoms with Crippen LogP contribution in [0.3, 0.4) is 0 Å². The van der Waals surface area contributed by atoms with E-state index < -0.39 is 5.97 Å². The summed E-state index contributed by atoms with van der Waals surface area (Å²) in [4.78, 5) is 11.2. The van der Waals surface area contributed by atoms with Crippen molar-refractivity contribution in [2.24, 2.45) is 0 Å². The van der Waals surface area contributed by atoms with Crippen LogP contribution in [-0.4, -0.2) is 18.2 Å². The first-order valence-corrected chi connectivity index (χ1v) is 6.78. The summed E-state index contributed by atoms with van der Waals surface area (Å²) in [5.41, 5.74) is 0.728. The number of methoxy groups -OCH3 is 1. The number of rotatable bonds is 5. The minimum absolute atomic E-state index is 0.00975. The fraction of sp³-hybridized carbons (Fsp3) is 0.133. The molecule has 0 heterocycles. The Bertz CT molecular complexity index is 673. The summed E-state index contributed by atoms with van der Waals surface area (Å²) in [6, 6.07) is 9.00. The number of carboxylic acids is 1. The van der Waals surface area contributed by atoms with Gasteiger partial charge in [0.25, 0.3) is 0 Å². The fourth-order valence-electron chi connectivity index (χ4n) is 1.72. The highest BCUT2D eigenvalue weighted by molar-refractivity contribution is 9.10. The SMILES string of the molecule is COc1ccc(OCc2ccc(F)c(Br)c2)c(C(=O)O)c1. The third-order valence-corrected chi connectivity index (χ3v) is 3.40. The van der Waals surface area contributed by atoms with Crippen LogP contribution in [0.15, 0.2) is 40.9 Å². The molecule has 0 radical (unpaired) electrons. The predicted molar refractivity (Wildman–Crippen MR) is 78.4 cm³/mol. The number of benzene rings is 2. The molecule has 2 rings (SSSR count). The molecule has 0 aromatic heterocycles. The van der Waals surface area contributed by atoms with Crippen LogP contribution < -0.4 is 9.47 Å². The van der Waals surface area contributed by atoms with E-state index in [2.05, 4.69) is 15.9 Å². The first-order chi connectivity index (χ1) is 10.0. The lowest BCUT2D eigenvalue weighted by atomic mass is 10.2. The van der Waals surface area contributed by atoms with Gasteiger partial charge in [0.05, 0.1) is 11.6 Å². The molecule has 110 valence electrons. The molecule has 2 aromatic carbocycles. The van der Waals surface area contributed by atoms with Gasteiger partial charge in [0, 0.05) is 0 Å². The van der Waals surface area contributed by atoms with Crippen molar-refractivity contribution in [2.45, 2.75) is 6.61 Å². The lowest BCUT2D eigenvalue weighted by Crippen LogP contribution is -2.04. The van der Waals surface area contributed by atoms with E-state index in [-0.39, 0.29) is 23.7 Å². The molecule has 0 amide bonds. The maximum absolute atomic E-state index is 13.1. The summed E-state index contributed by atoms with van der Waals surface area (Å²) in [5, 5.41) is 9.17. The highest BCUT2D eigenvalue weighted by Gasteiger charge is 2.13. The Labute approximate surface area is 129 Å². The van der Waals surface area contributed by atoms with Crippen molar-refractivity contribution in [3.63, 3.8) is 0 Å². The number of ether oxygens (including phenoxy) is 2. The van der Waals surface area contributed by atoms with Crippen LogP contribution in [0.1, 0.15) is 15.9 Å². The fourth-order valence-corrected chi connectivity index (χ4v) is 2.15. The van der Waals surface area contributed by atoms with E-state index in [4.69, 9.17) is 9.47 Å². The Morgan fingerprint density at radius 3 is 2.67 bits per heavy atom. The molecule has 0 unspecified atom stereocenters. The second-order valence-corrected chi connectivity index (χ2v) is 5.06. The van der Waals surface area contributed by atoms with Crippen molar-refractivity contribution < 1.29 is 23.8 Å². The molecule has 0 bridgehead atoms. The quantitative estimate of drug-likeness (QED) is 0.885. The average molecular weight is 355 g/mol. The van der Waals surface area contributed by atoms with Crippen LogP contribution in [-0.2, 0) is 6.61 Å².